The topological polar surface area (TPSA) is 43.6 Å². The molecule has 0 saturated heterocycles. The van der Waals surface area contributed by atoms with Crippen LogP contribution in [0, 0.1) is 5.92 Å². The van der Waals surface area contributed by atoms with E-state index in [4.69, 9.17) is 15.0 Å². The van der Waals surface area contributed by atoms with Gasteiger partial charge < -0.3 is 4.57 Å². The first-order chi connectivity index (χ1) is 30.7. The zero-order chi connectivity index (χ0) is 41.1. The third-order valence-corrected chi connectivity index (χ3v) is 12.9. The summed E-state index contributed by atoms with van der Waals surface area (Å²) in [5, 5.41) is 10.1. The van der Waals surface area contributed by atoms with Crippen molar-refractivity contribution in [2.24, 2.45) is 5.92 Å². The van der Waals surface area contributed by atoms with Crippen LogP contribution in [-0.2, 0) is 0 Å². The van der Waals surface area contributed by atoms with E-state index in [9.17, 15) is 0 Å². The molecular weight excluding hydrogens is 753 g/mol. The Labute approximate surface area is 359 Å². The number of rotatable bonds is 6. The van der Waals surface area contributed by atoms with E-state index in [-0.39, 0.29) is 11.8 Å². The van der Waals surface area contributed by atoms with Gasteiger partial charge >= 0.3 is 0 Å². The van der Waals surface area contributed by atoms with E-state index in [1.54, 1.807) is 0 Å². The second kappa shape index (κ2) is 14.6. The number of fused-ring (bicyclic) bond motifs is 9. The van der Waals surface area contributed by atoms with Crippen molar-refractivity contribution in [1.82, 2.24) is 19.5 Å². The predicted molar refractivity (Wildman–Crippen MR) is 258 cm³/mol. The van der Waals surface area contributed by atoms with Crippen LogP contribution in [0.3, 0.4) is 0 Å². The Kier molecular flexibility index (Phi) is 8.49. The predicted octanol–water partition coefficient (Wildman–Crippen LogP) is 14.8. The summed E-state index contributed by atoms with van der Waals surface area (Å²) < 4.78 is 2.48. The second-order valence-corrected chi connectivity index (χ2v) is 16.4. The van der Waals surface area contributed by atoms with Crippen LogP contribution < -0.4 is 0 Å². The van der Waals surface area contributed by atoms with Crippen LogP contribution in [0.5, 0.6) is 0 Å². The molecule has 1 aliphatic carbocycles. The molecule has 62 heavy (non-hydrogen) atoms. The van der Waals surface area contributed by atoms with Crippen molar-refractivity contribution in [3.63, 3.8) is 0 Å². The average molecular weight is 793 g/mol. The molecule has 1 unspecified atom stereocenters. The highest BCUT2D eigenvalue weighted by Gasteiger charge is 2.29. The van der Waals surface area contributed by atoms with Gasteiger partial charge in [-0.15, -0.1) is 0 Å². The van der Waals surface area contributed by atoms with Crippen LogP contribution in [0.2, 0.25) is 0 Å². The lowest BCUT2D eigenvalue weighted by Gasteiger charge is -2.27. The molecule has 2 aromatic heterocycles. The number of hydrogen-bond donors (Lipinski definition) is 0. The van der Waals surface area contributed by atoms with E-state index < -0.39 is 0 Å². The molecule has 0 radical (unpaired) electrons. The zero-order valence-corrected chi connectivity index (χ0v) is 34.2. The van der Waals surface area contributed by atoms with Crippen LogP contribution in [0.15, 0.2) is 212 Å². The molecule has 0 bridgehead atoms. The number of allylic oxidation sites excluding steroid dienone is 4. The number of nitrogens with zero attached hydrogens (tertiary/aromatic N) is 4. The van der Waals surface area contributed by atoms with E-state index in [1.165, 1.54) is 70.8 Å². The van der Waals surface area contributed by atoms with Gasteiger partial charge in [0.2, 0.25) is 0 Å². The molecule has 9 aromatic carbocycles. The van der Waals surface area contributed by atoms with Gasteiger partial charge in [0.1, 0.15) is 0 Å². The quantitative estimate of drug-likeness (QED) is 0.158. The Bertz CT molecular complexity index is 3490. The number of aromatic nitrogens is 4. The van der Waals surface area contributed by atoms with Gasteiger partial charge in [0.05, 0.1) is 11.0 Å². The van der Waals surface area contributed by atoms with Crippen molar-refractivity contribution in [1.29, 1.82) is 0 Å². The number of hydrogen-bond acceptors (Lipinski definition) is 3. The van der Waals surface area contributed by atoms with E-state index in [1.807, 2.05) is 36.4 Å². The molecule has 0 aliphatic heterocycles. The summed E-state index contributed by atoms with van der Waals surface area (Å²) in [7, 11) is 0. The molecule has 0 N–H and O–H groups in total. The highest BCUT2D eigenvalue weighted by molar-refractivity contribution is 6.25. The summed E-state index contributed by atoms with van der Waals surface area (Å²) in [6.45, 7) is 2.32. The van der Waals surface area contributed by atoms with Crippen LogP contribution >= 0.6 is 0 Å². The summed E-state index contributed by atoms with van der Waals surface area (Å²) in [6, 6.07) is 69.6. The van der Waals surface area contributed by atoms with Crippen LogP contribution in [0.25, 0.3) is 99.3 Å². The summed E-state index contributed by atoms with van der Waals surface area (Å²) in [5.74, 6) is 2.17. The molecule has 12 rings (SSSR count). The van der Waals surface area contributed by atoms with Crippen molar-refractivity contribution in [3.8, 4) is 39.6 Å². The van der Waals surface area contributed by atoms with Crippen LogP contribution in [-0.4, -0.2) is 19.5 Å². The molecule has 11 aromatic rings. The summed E-state index contributed by atoms with van der Waals surface area (Å²) >= 11 is 0. The lowest BCUT2D eigenvalue weighted by Crippen LogP contribution is -2.15. The first-order valence-corrected chi connectivity index (χ1v) is 21.4. The van der Waals surface area contributed by atoms with Crippen molar-refractivity contribution < 1.29 is 0 Å². The molecule has 2 heterocycles. The fourth-order valence-corrected chi connectivity index (χ4v) is 9.88. The molecule has 0 spiro atoms. The van der Waals surface area contributed by atoms with E-state index >= 15 is 0 Å². The van der Waals surface area contributed by atoms with E-state index in [0.29, 0.717) is 17.5 Å². The Morgan fingerprint density at radius 2 is 0.952 bits per heavy atom. The first-order valence-electron chi connectivity index (χ1n) is 21.4. The van der Waals surface area contributed by atoms with Crippen molar-refractivity contribution in [2.45, 2.75) is 12.8 Å². The largest absolute Gasteiger partial charge is 0.309 e. The van der Waals surface area contributed by atoms with Crippen molar-refractivity contribution in [2.75, 3.05) is 0 Å². The summed E-state index contributed by atoms with van der Waals surface area (Å²) in [4.78, 5) is 15.3. The Balaban J connectivity index is 1.06. The molecule has 292 valence electrons. The molecule has 1 aliphatic rings. The van der Waals surface area contributed by atoms with Gasteiger partial charge in [0.25, 0.3) is 0 Å². The second-order valence-electron chi connectivity index (χ2n) is 16.4. The highest BCUT2D eigenvalue weighted by Crippen LogP contribution is 2.46. The third-order valence-electron chi connectivity index (χ3n) is 12.9. The maximum absolute atomic E-state index is 5.17. The van der Waals surface area contributed by atoms with E-state index in [2.05, 4.69) is 187 Å². The molecule has 0 saturated carbocycles. The first kappa shape index (κ1) is 35.9. The minimum Gasteiger partial charge on any atom is -0.309 e. The fourth-order valence-electron chi connectivity index (χ4n) is 9.88. The smallest absolute Gasteiger partial charge is 0.164 e. The Hall–Kier alpha value is -7.95. The van der Waals surface area contributed by atoms with Gasteiger partial charge in [-0.2, -0.15) is 0 Å². The van der Waals surface area contributed by atoms with Gasteiger partial charge in [-0.3, -0.25) is 0 Å². The number of benzene rings is 9. The lowest BCUT2D eigenvalue weighted by molar-refractivity contribution is 0.651. The molecular formula is C58H40N4. The van der Waals surface area contributed by atoms with Crippen LogP contribution in [0.1, 0.15) is 24.2 Å². The fraction of sp³-hybridized carbons (Fsp3) is 0.0517. The van der Waals surface area contributed by atoms with Gasteiger partial charge in [-0.25, -0.2) is 15.0 Å². The van der Waals surface area contributed by atoms with Crippen molar-refractivity contribution >= 4 is 59.7 Å². The van der Waals surface area contributed by atoms with Gasteiger partial charge in [-0.1, -0.05) is 189 Å². The maximum Gasteiger partial charge on any atom is 0.164 e. The van der Waals surface area contributed by atoms with Gasteiger partial charge in [0.15, 0.2) is 17.5 Å². The van der Waals surface area contributed by atoms with Gasteiger partial charge in [0, 0.05) is 39.1 Å². The van der Waals surface area contributed by atoms with Crippen molar-refractivity contribution in [3.05, 3.63) is 224 Å². The average Bonchev–Trinajstić information content (AvgIpc) is 3.69. The summed E-state index contributed by atoms with van der Waals surface area (Å²) in [5.41, 5.74) is 10.2. The molecule has 0 amide bonds. The third kappa shape index (κ3) is 5.87. The monoisotopic (exact) mass is 792 g/mol. The minimum atomic E-state index is 0.0576. The maximum atomic E-state index is 5.17. The van der Waals surface area contributed by atoms with Gasteiger partial charge in [-0.05, 0) is 85.3 Å². The normalized spacial score (nSPS) is 15.2. The molecule has 4 heteroatoms. The van der Waals surface area contributed by atoms with E-state index in [0.717, 1.165) is 22.4 Å². The van der Waals surface area contributed by atoms with Crippen LogP contribution in [0.4, 0.5) is 0 Å². The molecule has 2 atom stereocenters. The SMILES string of the molecule is C[C@H]1C(c2nc(-c3ccccc3)nc(-c3ccccc3)n2)=CC=CC1c1cccc2c1c1cc(-c3ccccc3)ccc1n2-c1ccc2c3ccccc3c3ccccc3c2c1. The Morgan fingerprint density at radius 1 is 0.403 bits per heavy atom. The lowest BCUT2D eigenvalue weighted by atomic mass is 9.77. The highest BCUT2D eigenvalue weighted by atomic mass is 15.0. The molecule has 4 nitrogen and oxygen atoms in total. The Morgan fingerprint density at radius 3 is 1.58 bits per heavy atom. The minimum absolute atomic E-state index is 0.0576. The molecule has 0 fully saturated rings. The summed E-state index contributed by atoms with van der Waals surface area (Å²) in [6.07, 6.45) is 6.75. The zero-order valence-electron chi connectivity index (χ0n) is 34.2. The standard InChI is InChI=1S/C58H40N4/c1-37-43(27-15-28-44(37)58-60-56(39-19-7-3-8-20-39)59-57(61-58)40-21-9-4-10-22-40)50-29-16-30-54-55(50)52-35-41(38-17-5-2-6-18-38)31-34-53(52)62(54)42-32-33-49-47-25-12-11-23-45(47)46-24-13-14-26-48(46)51(49)36-42/h2-37,43H,1H3/t37-,43?/m1/s1.